The minimum absolute atomic E-state index is 0.0828. The summed E-state index contributed by atoms with van der Waals surface area (Å²) in [7, 11) is 0. The predicted molar refractivity (Wildman–Crippen MR) is 62.3 cm³/mol. The molecule has 1 aromatic heterocycles. The van der Waals surface area contributed by atoms with Gasteiger partial charge in [0, 0.05) is 11.6 Å². The molecule has 8 heteroatoms. The number of carbonyl (C=O) groups excluding carboxylic acids is 2. The summed E-state index contributed by atoms with van der Waals surface area (Å²) < 4.78 is 0.0828. The number of rotatable bonds is 1. The topological polar surface area (TPSA) is 107 Å². The van der Waals surface area contributed by atoms with Crippen LogP contribution in [0.15, 0.2) is 12.3 Å². The first-order chi connectivity index (χ1) is 8.64. The molecule has 8 nitrogen and oxygen atoms in total. The minimum Gasteiger partial charge on any atom is -0.618 e. The van der Waals surface area contributed by atoms with Gasteiger partial charge in [-0.05, 0) is 20.8 Å². The van der Waals surface area contributed by atoms with E-state index in [1.54, 1.807) is 20.8 Å². The summed E-state index contributed by atoms with van der Waals surface area (Å²) in [4.78, 5) is 35.0. The van der Waals surface area contributed by atoms with Crippen LogP contribution < -0.4 is 4.73 Å². The van der Waals surface area contributed by atoms with Crippen LogP contribution in [0.25, 0.3) is 0 Å². The fourth-order valence-electron chi connectivity index (χ4n) is 1.96. The van der Waals surface area contributed by atoms with Crippen LogP contribution in [-0.2, 0) is 0 Å². The van der Waals surface area contributed by atoms with E-state index in [-0.39, 0.29) is 16.0 Å². The molecule has 19 heavy (non-hydrogen) atoms. The fourth-order valence-corrected chi connectivity index (χ4v) is 1.96. The first-order valence-electron chi connectivity index (χ1n) is 5.45. The van der Waals surface area contributed by atoms with Gasteiger partial charge in [-0.25, -0.2) is 0 Å². The van der Waals surface area contributed by atoms with Gasteiger partial charge >= 0.3 is 11.6 Å². The SMILES string of the molecule is CC(C)(C)N1C(=O)c2cc([N+](=O)[O-])c[n+]([O-])c2C1=O. The first-order valence-corrected chi connectivity index (χ1v) is 5.45. The molecule has 0 radical (unpaired) electrons. The van der Waals surface area contributed by atoms with Gasteiger partial charge in [0.25, 0.3) is 17.8 Å². The van der Waals surface area contributed by atoms with E-state index in [2.05, 4.69) is 0 Å². The van der Waals surface area contributed by atoms with Crippen LogP contribution in [-0.4, -0.2) is 27.2 Å². The van der Waals surface area contributed by atoms with E-state index < -0.39 is 28.0 Å². The van der Waals surface area contributed by atoms with Gasteiger partial charge in [-0.15, -0.1) is 0 Å². The molecule has 0 spiro atoms. The van der Waals surface area contributed by atoms with Gasteiger partial charge in [-0.3, -0.25) is 24.6 Å². The molecule has 100 valence electrons. The van der Waals surface area contributed by atoms with E-state index in [0.29, 0.717) is 6.20 Å². The molecular weight excluding hydrogens is 254 g/mol. The number of nitrogens with zero attached hydrogens (tertiary/aromatic N) is 3. The molecule has 1 aliphatic heterocycles. The lowest BCUT2D eigenvalue weighted by Crippen LogP contribution is -2.46. The molecule has 1 aromatic rings. The van der Waals surface area contributed by atoms with Crippen molar-refractivity contribution in [2.45, 2.75) is 26.3 Å². The van der Waals surface area contributed by atoms with Gasteiger partial charge in [0.2, 0.25) is 0 Å². The number of amides is 2. The van der Waals surface area contributed by atoms with Crippen molar-refractivity contribution in [1.82, 2.24) is 4.90 Å². The molecule has 0 bridgehead atoms. The monoisotopic (exact) mass is 265 g/mol. The quantitative estimate of drug-likeness (QED) is 0.243. The number of pyridine rings is 1. The molecule has 1 aliphatic rings. The average molecular weight is 265 g/mol. The lowest BCUT2D eigenvalue weighted by molar-refractivity contribution is -0.611. The second-order valence-electron chi connectivity index (χ2n) is 5.16. The van der Waals surface area contributed by atoms with Crippen LogP contribution in [0.4, 0.5) is 5.69 Å². The zero-order valence-corrected chi connectivity index (χ0v) is 10.5. The number of carbonyl (C=O) groups is 2. The van der Waals surface area contributed by atoms with Crippen molar-refractivity contribution >= 4 is 17.5 Å². The van der Waals surface area contributed by atoms with Crippen LogP contribution in [0.5, 0.6) is 0 Å². The number of aromatic nitrogens is 1. The van der Waals surface area contributed by atoms with Crippen molar-refractivity contribution in [3.8, 4) is 0 Å². The van der Waals surface area contributed by atoms with Gasteiger partial charge < -0.3 is 5.21 Å². The van der Waals surface area contributed by atoms with Crippen molar-refractivity contribution in [3.63, 3.8) is 0 Å². The minimum atomic E-state index is -0.811. The summed E-state index contributed by atoms with van der Waals surface area (Å²) in [6.07, 6.45) is 0.677. The number of hydrogen-bond acceptors (Lipinski definition) is 5. The highest BCUT2D eigenvalue weighted by Crippen LogP contribution is 2.28. The van der Waals surface area contributed by atoms with Gasteiger partial charge in [0.1, 0.15) is 5.56 Å². The second kappa shape index (κ2) is 3.74. The molecule has 2 amide bonds. The van der Waals surface area contributed by atoms with Crippen molar-refractivity contribution < 1.29 is 19.2 Å². The van der Waals surface area contributed by atoms with Crippen molar-refractivity contribution in [2.24, 2.45) is 0 Å². The van der Waals surface area contributed by atoms with E-state index in [9.17, 15) is 24.9 Å². The largest absolute Gasteiger partial charge is 0.618 e. The number of fused-ring (bicyclic) bond motifs is 1. The van der Waals surface area contributed by atoms with Crippen LogP contribution in [0.1, 0.15) is 41.6 Å². The molecule has 0 aliphatic carbocycles. The maximum atomic E-state index is 12.1. The highest BCUT2D eigenvalue weighted by Gasteiger charge is 2.48. The van der Waals surface area contributed by atoms with Crippen molar-refractivity contribution in [1.29, 1.82) is 0 Å². The van der Waals surface area contributed by atoms with Crippen LogP contribution in [0, 0.1) is 15.3 Å². The maximum absolute atomic E-state index is 12.1. The zero-order chi connectivity index (χ0) is 14.5. The third-order valence-corrected chi connectivity index (χ3v) is 2.74. The molecule has 0 saturated heterocycles. The lowest BCUT2D eigenvalue weighted by Gasteiger charge is -2.28. The standard InChI is InChI=1S/C11H11N3O5/c1-11(2,3)13-9(15)7-4-6(14(18)19)5-12(17)8(7)10(13)16/h4-5H,1-3H3. The van der Waals surface area contributed by atoms with E-state index in [4.69, 9.17) is 0 Å². The van der Waals surface area contributed by atoms with E-state index >= 15 is 0 Å². The molecule has 2 heterocycles. The van der Waals surface area contributed by atoms with Gasteiger partial charge in [-0.2, -0.15) is 4.73 Å². The molecule has 0 fully saturated rings. The second-order valence-corrected chi connectivity index (χ2v) is 5.16. The Morgan fingerprint density at radius 1 is 1.26 bits per heavy atom. The Hall–Kier alpha value is -2.51. The van der Waals surface area contributed by atoms with Crippen molar-refractivity contribution in [2.75, 3.05) is 0 Å². The summed E-state index contributed by atoms with van der Waals surface area (Å²) >= 11 is 0. The Morgan fingerprint density at radius 3 is 2.32 bits per heavy atom. The predicted octanol–water partition coefficient (Wildman–Crippen LogP) is 0.623. The fraction of sp³-hybridized carbons (Fsp3) is 0.364. The zero-order valence-electron chi connectivity index (χ0n) is 10.5. The van der Waals surface area contributed by atoms with Crippen LogP contribution >= 0.6 is 0 Å². The Morgan fingerprint density at radius 2 is 1.84 bits per heavy atom. The van der Waals surface area contributed by atoms with Crippen LogP contribution in [0.3, 0.4) is 0 Å². The normalized spacial score (nSPS) is 14.8. The van der Waals surface area contributed by atoms with Crippen molar-refractivity contribution in [3.05, 3.63) is 38.8 Å². The van der Waals surface area contributed by atoms with E-state index in [1.165, 1.54) is 0 Å². The number of hydrogen-bond donors (Lipinski definition) is 0. The van der Waals surface area contributed by atoms with Gasteiger partial charge in [0.15, 0.2) is 0 Å². The Labute approximate surface area is 108 Å². The molecule has 0 aromatic carbocycles. The maximum Gasteiger partial charge on any atom is 0.334 e. The number of imide groups is 1. The smallest absolute Gasteiger partial charge is 0.334 e. The summed E-state index contributed by atoms with van der Waals surface area (Å²) in [6, 6.07) is 0.954. The molecule has 0 N–H and O–H groups in total. The first kappa shape index (κ1) is 12.9. The molecule has 2 rings (SSSR count). The summed E-state index contributed by atoms with van der Waals surface area (Å²) in [5.74, 6) is -1.43. The summed E-state index contributed by atoms with van der Waals surface area (Å²) in [6.45, 7) is 4.91. The highest BCUT2D eigenvalue weighted by atomic mass is 16.6. The molecule has 0 atom stereocenters. The van der Waals surface area contributed by atoms with Gasteiger partial charge in [0.05, 0.1) is 4.92 Å². The Kier molecular flexibility index (Phi) is 2.55. The third-order valence-electron chi connectivity index (χ3n) is 2.74. The van der Waals surface area contributed by atoms with Gasteiger partial charge in [-0.1, -0.05) is 0 Å². The van der Waals surface area contributed by atoms with E-state index in [0.717, 1.165) is 11.0 Å². The third kappa shape index (κ3) is 1.81. The van der Waals surface area contributed by atoms with E-state index in [1.807, 2.05) is 0 Å². The Balaban J connectivity index is 2.66. The Bertz CT molecular complexity index is 617. The van der Waals surface area contributed by atoms with Crippen LogP contribution in [0.2, 0.25) is 0 Å². The highest BCUT2D eigenvalue weighted by molar-refractivity contribution is 6.20. The average Bonchev–Trinajstić information content (AvgIpc) is 2.50. The summed E-state index contributed by atoms with van der Waals surface area (Å²) in [5, 5.41) is 22.3. The molecular formula is C11H11N3O5. The number of nitro groups is 1. The lowest BCUT2D eigenvalue weighted by atomic mass is 10.1. The molecule has 0 unspecified atom stereocenters. The summed E-state index contributed by atoms with van der Waals surface area (Å²) in [5.41, 5.74) is -1.94. The molecule has 0 saturated carbocycles.